The average molecular weight is 346 g/mol. The second kappa shape index (κ2) is 8.90. The second-order valence-electron chi connectivity index (χ2n) is 6.27. The lowest BCUT2D eigenvalue weighted by atomic mass is 9.94. The van der Waals surface area contributed by atoms with Gasteiger partial charge in [-0.2, -0.15) is 0 Å². The van der Waals surface area contributed by atoms with Gasteiger partial charge in [0.15, 0.2) is 5.78 Å². The summed E-state index contributed by atoms with van der Waals surface area (Å²) in [5.41, 5.74) is 2.65. The largest absolute Gasteiger partial charge is 0.465 e. The van der Waals surface area contributed by atoms with Crippen molar-refractivity contribution in [2.75, 3.05) is 6.54 Å². The van der Waals surface area contributed by atoms with E-state index in [1.54, 1.807) is 6.26 Å². The highest BCUT2D eigenvalue weighted by Crippen LogP contribution is 2.19. The van der Waals surface area contributed by atoms with E-state index in [0.29, 0.717) is 19.5 Å². The molecule has 1 atom stereocenters. The summed E-state index contributed by atoms with van der Waals surface area (Å²) in [7, 11) is 0. The van der Waals surface area contributed by atoms with E-state index in [4.69, 9.17) is 4.42 Å². The number of aliphatic imine (C=N–C) groups is 2. The number of nitrogens with zero attached hydrogens (tertiary/aromatic N) is 2. The van der Waals surface area contributed by atoms with Crippen LogP contribution in [-0.2, 0) is 6.54 Å². The zero-order valence-corrected chi connectivity index (χ0v) is 14.7. The molecule has 2 aromatic rings. The van der Waals surface area contributed by atoms with Crippen LogP contribution in [0.1, 0.15) is 34.5 Å². The number of hydrogen-bond donors (Lipinski definition) is 0. The van der Waals surface area contributed by atoms with Gasteiger partial charge in [-0.05, 0) is 61.0 Å². The summed E-state index contributed by atoms with van der Waals surface area (Å²) < 4.78 is 5.28. The van der Waals surface area contributed by atoms with Crippen LogP contribution in [-0.4, -0.2) is 24.8 Å². The van der Waals surface area contributed by atoms with E-state index in [0.717, 1.165) is 29.0 Å². The van der Waals surface area contributed by atoms with Crippen LogP contribution in [0.15, 0.2) is 75.3 Å². The first-order valence-electron chi connectivity index (χ1n) is 8.73. The number of rotatable bonds is 7. The molecule has 132 valence electrons. The molecule has 3 rings (SSSR count). The lowest BCUT2D eigenvalue weighted by Crippen LogP contribution is -2.08. The van der Waals surface area contributed by atoms with Gasteiger partial charge in [0.1, 0.15) is 5.76 Å². The van der Waals surface area contributed by atoms with Crippen molar-refractivity contribution in [3.05, 3.63) is 77.8 Å². The minimum atomic E-state index is 0.153. The Morgan fingerprint density at radius 1 is 1.31 bits per heavy atom. The van der Waals surface area contributed by atoms with E-state index in [2.05, 4.69) is 22.8 Å². The van der Waals surface area contributed by atoms with Crippen LogP contribution in [0.4, 0.5) is 0 Å². The molecule has 0 saturated carbocycles. The molecule has 1 aromatic carbocycles. The predicted octanol–water partition coefficient (Wildman–Crippen LogP) is 4.78. The summed E-state index contributed by atoms with van der Waals surface area (Å²) in [5.74, 6) is 1.15. The fourth-order valence-electron chi connectivity index (χ4n) is 2.90. The zero-order valence-electron chi connectivity index (χ0n) is 14.7. The number of Topliss-reactive ketones (excluding diaryl/α,β-unsaturated/α-hetero) is 1. The highest BCUT2D eigenvalue weighted by molar-refractivity contribution is 6.06. The van der Waals surface area contributed by atoms with Gasteiger partial charge in [-0.25, -0.2) is 0 Å². The van der Waals surface area contributed by atoms with Crippen molar-refractivity contribution in [3.63, 3.8) is 0 Å². The Bertz CT molecular complexity index is 845. The summed E-state index contributed by atoms with van der Waals surface area (Å²) in [6, 6.07) is 11.4. The third-order valence-corrected chi connectivity index (χ3v) is 4.29. The summed E-state index contributed by atoms with van der Waals surface area (Å²) in [5, 5.41) is 0. The minimum absolute atomic E-state index is 0.153. The molecule has 26 heavy (non-hydrogen) atoms. The van der Waals surface area contributed by atoms with Crippen molar-refractivity contribution in [1.82, 2.24) is 0 Å². The number of carbonyl (C=O) groups excluding carboxylic acids is 1. The second-order valence-corrected chi connectivity index (χ2v) is 6.27. The van der Waals surface area contributed by atoms with Crippen molar-refractivity contribution in [2.24, 2.45) is 15.9 Å². The van der Waals surface area contributed by atoms with E-state index < -0.39 is 0 Å². The summed E-state index contributed by atoms with van der Waals surface area (Å²) in [4.78, 5) is 21.0. The number of allylic oxidation sites excluding steroid dienone is 3. The smallest absolute Gasteiger partial charge is 0.163 e. The third-order valence-electron chi connectivity index (χ3n) is 4.29. The third kappa shape index (κ3) is 4.99. The predicted molar refractivity (Wildman–Crippen MR) is 106 cm³/mol. The molecule has 0 N–H and O–H groups in total. The van der Waals surface area contributed by atoms with Crippen molar-refractivity contribution >= 4 is 24.3 Å². The first-order chi connectivity index (χ1) is 12.7. The first-order valence-corrected chi connectivity index (χ1v) is 8.73. The lowest BCUT2D eigenvalue weighted by molar-refractivity contribution is 0.0968. The normalized spacial score (nSPS) is 17.1. The quantitative estimate of drug-likeness (QED) is 0.535. The van der Waals surface area contributed by atoms with Gasteiger partial charge in [0.05, 0.1) is 18.5 Å². The number of furan rings is 1. The van der Waals surface area contributed by atoms with E-state index in [-0.39, 0.29) is 11.7 Å². The van der Waals surface area contributed by atoms with Crippen molar-refractivity contribution in [3.8, 4) is 0 Å². The Morgan fingerprint density at radius 3 is 3.04 bits per heavy atom. The molecule has 0 aliphatic carbocycles. The van der Waals surface area contributed by atoms with Crippen molar-refractivity contribution < 1.29 is 9.21 Å². The molecule has 1 aliphatic heterocycles. The molecule has 1 aromatic heterocycles. The van der Waals surface area contributed by atoms with Crippen LogP contribution in [0.25, 0.3) is 6.08 Å². The fourth-order valence-corrected chi connectivity index (χ4v) is 2.90. The van der Waals surface area contributed by atoms with Crippen LogP contribution in [0.5, 0.6) is 0 Å². The summed E-state index contributed by atoms with van der Waals surface area (Å²) >= 11 is 0. The van der Waals surface area contributed by atoms with E-state index in [1.165, 1.54) is 0 Å². The van der Waals surface area contributed by atoms with Gasteiger partial charge in [0.25, 0.3) is 0 Å². The van der Waals surface area contributed by atoms with Crippen LogP contribution in [0.2, 0.25) is 0 Å². The molecule has 1 aliphatic rings. The average Bonchev–Trinajstić information content (AvgIpc) is 3.07. The molecule has 0 bridgehead atoms. The van der Waals surface area contributed by atoms with Gasteiger partial charge in [0, 0.05) is 18.5 Å². The maximum atomic E-state index is 12.6. The molecule has 4 heteroatoms. The van der Waals surface area contributed by atoms with E-state index in [9.17, 15) is 4.79 Å². The molecule has 0 radical (unpaired) electrons. The van der Waals surface area contributed by atoms with Crippen LogP contribution in [0, 0.1) is 5.92 Å². The summed E-state index contributed by atoms with van der Waals surface area (Å²) in [6.07, 6.45) is 10.9. The first kappa shape index (κ1) is 17.8. The minimum Gasteiger partial charge on any atom is -0.465 e. The SMILES string of the molecule is C=NCc1cccc(C(=O)CC2C=CC(/C=C/c3ccco3)=NCC2)c1. The number of ketones is 1. The standard InChI is InChI=1S/C22H22N2O2/c1-23-16-18-4-2-5-19(14-18)22(25)15-17-7-8-20(24-12-11-17)9-10-21-6-3-13-26-21/h2-10,13-14,17H,1,11-12,15-16H2/b10-9+. The fraction of sp³-hybridized carbons (Fsp3) is 0.227. The Balaban J connectivity index is 1.61. The monoisotopic (exact) mass is 346 g/mol. The Morgan fingerprint density at radius 2 is 2.23 bits per heavy atom. The van der Waals surface area contributed by atoms with E-state index in [1.807, 2.05) is 54.6 Å². The van der Waals surface area contributed by atoms with Crippen molar-refractivity contribution in [2.45, 2.75) is 19.4 Å². The zero-order chi connectivity index (χ0) is 18.2. The lowest BCUT2D eigenvalue weighted by Gasteiger charge is -2.10. The van der Waals surface area contributed by atoms with E-state index >= 15 is 0 Å². The molecule has 0 spiro atoms. The number of hydrogen-bond acceptors (Lipinski definition) is 4. The number of benzene rings is 1. The summed E-state index contributed by atoms with van der Waals surface area (Å²) in [6.45, 7) is 4.75. The van der Waals surface area contributed by atoms with Crippen LogP contribution < -0.4 is 0 Å². The molecule has 0 saturated heterocycles. The van der Waals surface area contributed by atoms with Gasteiger partial charge in [-0.3, -0.25) is 14.8 Å². The maximum Gasteiger partial charge on any atom is 0.163 e. The van der Waals surface area contributed by atoms with Gasteiger partial charge in [-0.1, -0.05) is 24.3 Å². The molecular formula is C22H22N2O2. The van der Waals surface area contributed by atoms with Gasteiger partial charge in [-0.15, -0.1) is 0 Å². The Hall–Kier alpha value is -3.01. The molecule has 4 nitrogen and oxygen atoms in total. The maximum absolute atomic E-state index is 12.6. The molecule has 2 heterocycles. The highest BCUT2D eigenvalue weighted by Gasteiger charge is 2.15. The Labute approximate surface area is 153 Å². The Kier molecular flexibility index (Phi) is 6.09. The van der Waals surface area contributed by atoms with Gasteiger partial charge >= 0.3 is 0 Å². The topological polar surface area (TPSA) is 54.9 Å². The molecule has 1 unspecified atom stereocenters. The van der Waals surface area contributed by atoms with Crippen LogP contribution in [0.3, 0.4) is 0 Å². The highest BCUT2D eigenvalue weighted by atomic mass is 16.3. The molecular weight excluding hydrogens is 324 g/mol. The molecule has 0 amide bonds. The van der Waals surface area contributed by atoms with Gasteiger partial charge < -0.3 is 4.42 Å². The van der Waals surface area contributed by atoms with Gasteiger partial charge in [0.2, 0.25) is 0 Å². The number of carbonyl (C=O) groups is 1. The van der Waals surface area contributed by atoms with Crippen LogP contribution >= 0.6 is 0 Å². The van der Waals surface area contributed by atoms with Crippen molar-refractivity contribution in [1.29, 1.82) is 0 Å². The molecule has 0 fully saturated rings.